The molecule has 1 aliphatic rings. The molecule has 0 aromatic heterocycles. The highest BCUT2D eigenvalue weighted by atomic mass is 14.2. The maximum absolute atomic E-state index is 2.43. The van der Waals surface area contributed by atoms with Gasteiger partial charge in [-0.25, -0.2) is 0 Å². The van der Waals surface area contributed by atoms with E-state index in [1.807, 2.05) is 0 Å². The SMILES string of the molecule is CCCC1=Cc2c(cccc2-c2cccc3ccccc23)C1. The summed E-state index contributed by atoms with van der Waals surface area (Å²) in [6.07, 6.45) is 5.99. The maximum Gasteiger partial charge on any atom is -0.00576 e. The van der Waals surface area contributed by atoms with Crippen molar-refractivity contribution in [3.8, 4) is 11.1 Å². The molecule has 0 radical (unpaired) electrons. The molecule has 108 valence electrons. The first-order valence-corrected chi connectivity index (χ1v) is 8.16. The second-order valence-electron chi connectivity index (χ2n) is 6.13. The summed E-state index contributed by atoms with van der Waals surface area (Å²) < 4.78 is 0. The minimum Gasteiger partial charge on any atom is -0.0652 e. The molecular formula is C22H20. The molecule has 3 aromatic carbocycles. The van der Waals surface area contributed by atoms with Crippen molar-refractivity contribution in [3.63, 3.8) is 0 Å². The predicted molar refractivity (Wildman–Crippen MR) is 96.0 cm³/mol. The molecule has 0 heteroatoms. The normalized spacial score (nSPS) is 13.2. The maximum atomic E-state index is 2.43. The number of fused-ring (bicyclic) bond motifs is 2. The third-order valence-electron chi connectivity index (χ3n) is 4.61. The van der Waals surface area contributed by atoms with Crippen LogP contribution < -0.4 is 0 Å². The van der Waals surface area contributed by atoms with Crippen molar-refractivity contribution in [1.82, 2.24) is 0 Å². The lowest BCUT2D eigenvalue weighted by Gasteiger charge is -2.11. The average Bonchev–Trinajstić information content (AvgIpc) is 2.97. The Morgan fingerprint density at radius 3 is 2.50 bits per heavy atom. The molecule has 1 aliphatic carbocycles. The molecule has 0 atom stereocenters. The van der Waals surface area contributed by atoms with Crippen LogP contribution in [-0.4, -0.2) is 0 Å². The average molecular weight is 284 g/mol. The van der Waals surface area contributed by atoms with Gasteiger partial charge in [0, 0.05) is 0 Å². The number of rotatable bonds is 3. The fourth-order valence-corrected chi connectivity index (χ4v) is 3.61. The summed E-state index contributed by atoms with van der Waals surface area (Å²) >= 11 is 0. The fraction of sp³-hybridized carbons (Fsp3) is 0.182. The Hall–Kier alpha value is -2.34. The third kappa shape index (κ3) is 2.16. The quantitative estimate of drug-likeness (QED) is 0.533. The lowest BCUT2D eigenvalue weighted by molar-refractivity contribution is 0.886. The molecule has 0 N–H and O–H groups in total. The van der Waals surface area contributed by atoms with Crippen molar-refractivity contribution >= 4 is 16.8 Å². The highest BCUT2D eigenvalue weighted by molar-refractivity contribution is 5.99. The second kappa shape index (κ2) is 5.46. The monoisotopic (exact) mass is 284 g/mol. The largest absolute Gasteiger partial charge is 0.0652 e. The molecule has 0 amide bonds. The third-order valence-corrected chi connectivity index (χ3v) is 4.61. The van der Waals surface area contributed by atoms with Crippen molar-refractivity contribution in [2.45, 2.75) is 26.2 Å². The van der Waals surface area contributed by atoms with Crippen molar-refractivity contribution in [3.05, 3.63) is 77.4 Å². The van der Waals surface area contributed by atoms with Crippen LogP contribution >= 0.6 is 0 Å². The van der Waals surface area contributed by atoms with Crippen LogP contribution in [0, 0.1) is 0 Å². The van der Waals surface area contributed by atoms with Gasteiger partial charge in [-0.05, 0) is 45.9 Å². The summed E-state index contributed by atoms with van der Waals surface area (Å²) in [7, 11) is 0. The van der Waals surface area contributed by atoms with Crippen LogP contribution in [0.3, 0.4) is 0 Å². The summed E-state index contributed by atoms with van der Waals surface area (Å²) in [6, 6.07) is 22.0. The Labute approximate surface area is 132 Å². The fourth-order valence-electron chi connectivity index (χ4n) is 3.61. The van der Waals surface area contributed by atoms with Crippen molar-refractivity contribution in [2.75, 3.05) is 0 Å². The zero-order valence-electron chi connectivity index (χ0n) is 13.0. The van der Waals surface area contributed by atoms with E-state index in [4.69, 9.17) is 0 Å². The zero-order valence-corrected chi connectivity index (χ0v) is 13.0. The number of hydrogen-bond acceptors (Lipinski definition) is 0. The van der Waals surface area contributed by atoms with Gasteiger partial charge >= 0.3 is 0 Å². The minimum atomic E-state index is 1.13. The van der Waals surface area contributed by atoms with E-state index in [1.54, 1.807) is 5.57 Å². The van der Waals surface area contributed by atoms with Crippen molar-refractivity contribution in [2.24, 2.45) is 0 Å². The first-order chi connectivity index (χ1) is 10.9. The van der Waals surface area contributed by atoms with Gasteiger partial charge in [-0.15, -0.1) is 0 Å². The molecular weight excluding hydrogens is 264 g/mol. The summed E-state index contributed by atoms with van der Waals surface area (Å²) in [5.41, 5.74) is 7.21. The van der Waals surface area contributed by atoms with Crippen LogP contribution in [-0.2, 0) is 6.42 Å². The first kappa shape index (κ1) is 13.3. The molecule has 0 nitrogen and oxygen atoms in total. The van der Waals surface area contributed by atoms with E-state index < -0.39 is 0 Å². The molecule has 0 spiro atoms. The Morgan fingerprint density at radius 2 is 1.59 bits per heavy atom. The number of benzene rings is 3. The lowest BCUT2D eigenvalue weighted by Crippen LogP contribution is -1.88. The van der Waals surface area contributed by atoms with Crippen LogP contribution in [0.4, 0.5) is 0 Å². The van der Waals surface area contributed by atoms with E-state index in [-0.39, 0.29) is 0 Å². The molecule has 0 saturated heterocycles. The van der Waals surface area contributed by atoms with Gasteiger partial charge in [0.05, 0.1) is 0 Å². The summed E-state index contributed by atoms with van der Waals surface area (Å²) in [5.74, 6) is 0. The first-order valence-electron chi connectivity index (χ1n) is 8.16. The van der Waals surface area contributed by atoms with Gasteiger partial charge < -0.3 is 0 Å². The predicted octanol–water partition coefficient (Wildman–Crippen LogP) is 6.25. The summed E-state index contributed by atoms with van der Waals surface area (Å²) in [5, 5.41) is 2.66. The van der Waals surface area contributed by atoms with Crippen molar-refractivity contribution < 1.29 is 0 Å². The molecule has 0 bridgehead atoms. The van der Waals surface area contributed by atoms with Crippen LogP contribution in [0.15, 0.2) is 66.2 Å². The second-order valence-corrected chi connectivity index (χ2v) is 6.13. The summed E-state index contributed by atoms with van der Waals surface area (Å²) in [4.78, 5) is 0. The van der Waals surface area contributed by atoms with Crippen LogP contribution in [0.2, 0.25) is 0 Å². The lowest BCUT2D eigenvalue weighted by atomic mass is 9.93. The smallest absolute Gasteiger partial charge is 0.00576 e. The Morgan fingerprint density at radius 1 is 0.818 bits per heavy atom. The molecule has 0 fully saturated rings. The Bertz CT molecular complexity index is 863. The van der Waals surface area contributed by atoms with Gasteiger partial charge in [0.2, 0.25) is 0 Å². The van der Waals surface area contributed by atoms with Gasteiger partial charge in [-0.2, -0.15) is 0 Å². The van der Waals surface area contributed by atoms with E-state index in [1.165, 1.54) is 45.9 Å². The highest BCUT2D eigenvalue weighted by Crippen LogP contribution is 2.37. The molecule has 22 heavy (non-hydrogen) atoms. The van der Waals surface area contributed by atoms with Gasteiger partial charge in [-0.1, -0.05) is 85.7 Å². The molecule has 0 unspecified atom stereocenters. The molecule has 0 aliphatic heterocycles. The van der Waals surface area contributed by atoms with E-state index in [0.717, 1.165) is 6.42 Å². The molecule has 4 rings (SSSR count). The summed E-state index contributed by atoms with van der Waals surface area (Å²) in [6.45, 7) is 2.26. The van der Waals surface area contributed by atoms with Gasteiger partial charge in [0.15, 0.2) is 0 Å². The zero-order chi connectivity index (χ0) is 14.9. The Kier molecular flexibility index (Phi) is 3.31. The topological polar surface area (TPSA) is 0 Å². The molecule has 3 aromatic rings. The van der Waals surface area contributed by atoms with E-state index in [0.29, 0.717) is 0 Å². The highest BCUT2D eigenvalue weighted by Gasteiger charge is 2.16. The van der Waals surface area contributed by atoms with Crippen LogP contribution in [0.5, 0.6) is 0 Å². The van der Waals surface area contributed by atoms with Crippen molar-refractivity contribution in [1.29, 1.82) is 0 Å². The van der Waals surface area contributed by atoms with Gasteiger partial charge in [0.25, 0.3) is 0 Å². The van der Waals surface area contributed by atoms with Gasteiger partial charge in [-0.3, -0.25) is 0 Å². The number of hydrogen-bond donors (Lipinski definition) is 0. The van der Waals surface area contributed by atoms with E-state index in [2.05, 4.69) is 73.7 Å². The van der Waals surface area contributed by atoms with E-state index in [9.17, 15) is 0 Å². The minimum absolute atomic E-state index is 1.13. The van der Waals surface area contributed by atoms with Crippen LogP contribution in [0.25, 0.3) is 28.0 Å². The van der Waals surface area contributed by atoms with E-state index >= 15 is 0 Å². The Balaban J connectivity index is 1.93. The molecule has 0 saturated carbocycles. The number of allylic oxidation sites excluding steroid dienone is 1. The standard InChI is InChI=1S/C22H20/c1-2-7-16-14-18-10-6-13-21(22(18)15-16)20-12-5-9-17-8-3-4-11-19(17)20/h3-6,8-13,15H,2,7,14H2,1H3. The molecule has 0 heterocycles. The van der Waals surface area contributed by atoms with Crippen LogP contribution in [0.1, 0.15) is 30.9 Å². The van der Waals surface area contributed by atoms with Gasteiger partial charge in [0.1, 0.15) is 0 Å².